The summed E-state index contributed by atoms with van der Waals surface area (Å²) >= 11 is 0. The van der Waals surface area contributed by atoms with Gasteiger partial charge in [-0.25, -0.2) is 13.1 Å². The summed E-state index contributed by atoms with van der Waals surface area (Å²) in [5.41, 5.74) is 0.976. The Bertz CT molecular complexity index is 557. The molecule has 0 aliphatic heterocycles. The molecule has 1 fully saturated rings. The molecule has 4 nitrogen and oxygen atoms in total. The Kier molecular flexibility index (Phi) is 4.00. The van der Waals surface area contributed by atoms with Crippen molar-refractivity contribution in [3.8, 4) is 6.07 Å². The average Bonchev–Trinajstić information content (AvgIpc) is 3.13. The van der Waals surface area contributed by atoms with Crippen LogP contribution in [0.2, 0.25) is 0 Å². The minimum atomic E-state index is -3.34. The van der Waals surface area contributed by atoms with Crippen LogP contribution in [-0.4, -0.2) is 15.0 Å². The summed E-state index contributed by atoms with van der Waals surface area (Å²) in [6, 6.07) is 8.80. The van der Waals surface area contributed by atoms with E-state index in [9.17, 15) is 8.42 Å². The minimum absolute atomic E-state index is 0.124. The van der Waals surface area contributed by atoms with Crippen molar-refractivity contribution >= 4 is 10.0 Å². The van der Waals surface area contributed by atoms with Crippen molar-refractivity contribution < 1.29 is 8.42 Å². The van der Waals surface area contributed by atoms with Crippen molar-refractivity contribution in [1.82, 2.24) is 4.72 Å². The van der Waals surface area contributed by atoms with Gasteiger partial charge in [0.15, 0.2) is 0 Å². The van der Waals surface area contributed by atoms with E-state index in [0.717, 1.165) is 6.42 Å². The molecule has 2 rings (SSSR count). The molecule has 1 aliphatic rings. The van der Waals surface area contributed by atoms with Crippen molar-refractivity contribution in [3.05, 3.63) is 35.4 Å². The molecule has 1 N–H and O–H groups in total. The van der Waals surface area contributed by atoms with Gasteiger partial charge >= 0.3 is 0 Å². The lowest BCUT2D eigenvalue weighted by molar-refractivity contribution is 0.574. The predicted octanol–water partition coefficient (Wildman–Crippen LogP) is 1.78. The standard InChI is InChI=1S/C13H16N2O2S/c14-9-12-3-1-2-4-13(12)10-18(16,17)15-8-7-11-5-6-11/h1-4,11,15H,5-8,10H2. The third-order valence-corrected chi connectivity index (χ3v) is 4.39. The molecule has 0 spiro atoms. The number of nitrogens with one attached hydrogen (secondary N) is 1. The van der Waals surface area contributed by atoms with Gasteiger partial charge < -0.3 is 0 Å². The van der Waals surface area contributed by atoms with Gasteiger partial charge in [0.2, 0.25) is 10.0 Å². The molecule has 1 aliphatic carbocycles. The molecular formula is C13H16N2O2S. The Morgan fingerprint density at radius 2 is 2.06 bits per heavy atom. The third-order valence-electron chi connectivity index (χ3n) is 3.05. The first-order valence-corrected chi connectivity index (χ1v) is 7.71. The summed E-state index contributed by atoms with van der Waals surface area (Å²) in [7, 11) is -3.34. The maximum absolute atomic E-state index is 11.8. The number of nitrogens with zero attached hydrogens (tertiary/aromatic N) is 1. The van der Waals surface area contributed by atoms with E-state index in [1.165, 1.54) is 12.8 Å². The summed E-state index contributed by atoms with van der Waals surface area (Å²) in [4.78, 5) is 0. The minimum Gasteiger partial charge on any atom is -0.215 e. The average molecular weight is 264 g/mol. The molecule has 0 bridgehead atoms. The third kappa shape index (κ3) is 3.83. The van der Waals surface area contributed by atoms with Crippen LogP contribution in [0.4, 0.5) is 0 Å². The molecule has 0 heterocycles. The smallest absolute Gasteiger partial charge is 0.215 e. The highest BCUT2D eigenvalue weighted by atomic mass is 32.2. The summed E-state index contributed by atoms with van der Waals surface area (Å²) in [5.74, 6) is 0.584. The van der Waals surface area contributed by atoms with Crippen molar-refractivity contribution in [2.24, 2.45) is 5.92 Å². The predicted molar refractivity (Wildman–Crippen MR) is 69.1 cm³/mol. The second-order valence-electron chi connectivity index (χ2n) is 4.65. The van der Waals surface area contributed by atoms with Crippen LogP contribution in [-0.2, 0) is 15.8 Å². The zero-order chi connectivity index (χ0) is 13.0. The Hall–Kier alpha value is -1.38. The molecule has 0 amide bonds. The molecule has 96 valence electrons. The first kappa shape index (κ1) is 13.1. The van der Waals surface area contributed by atoms with Crippen LogP contribution in [0.25, 0.3) is 0 Å². The molecule has 0 aromatic heterocycles. The summed E-state index contributed by atoms with van der Waals surface area (Å²) < 4.78 is 26.3. The van der Waals surface area contributed by atoms with Gasteiger partial charge in [-0.1, -0.05) is 31.0 Å². The van der Waals surface area contributed by atoms with E-state index >= 15 is 0 Å². The number of hydrogen-bond acceptors (Lipinski definition) is 3. The molecule has 0 saturated heterocycles. The molecule has 0 unspecified atom stereocenters. The number of rotatable bonds is 6. The van der Waals surface area contributed by atoms with Gasteiger partial charge in [0, 0.05) is 6.54 Å². The summed E-state index contributed by atoms with van der Waals surface area (Å²) in [5, 5.41) is 8.91. The van der Waals surface area contributed by atoms with Crippen molar-refractivity contribution in [2.45, 2.75) is 25.0 Å². The highest BCUT2D eigenvalue weighted by Gasteiger charge is 2.21. The molecule has 1 saturated carbocycles. The highest BCUT2D eigenvalue weighted by molar-refractivity contribution is 7.88. The van der Waals surface area contributed by atoms with E-state index in [0.29, 0.717) is 23.6 Å². The second-order valence-corrected chi connectivity index (χ2v) is 6.46. The fourth-order valence-electron chi connectivity index (χ4n) is 1.84. The van der Waals surface area contributed by atoms with Crippen molar-refractivity contribution in [1.29, 1.82) is 5.26 Å². The van der Waals surface area contributed by atoms with Gasteiger partial charge in [0.05, 0.1) is 17.4 Å². The van der Waals surface area contributed by atoms with E-state index in [1.54, 1.807) is 24.3 Å². The SMILES string of the molecule is N#Cc1ccccc1CS(=O)(=O)NCCC1CC1. The number of sulfonamides is 1. The van der Waals surface area contributed by atoms with Crippen LogP contribution in [0, 0.1) is 17.2 Å². The van der Waals surface area contributed by atoms with E-state index in [2.05, 4.69) is 4.72 Å². The lowest BCUT2D eigenvalue weighted by Gasteiger charge is -2.07. The molecule has 1 aromatic carbocycles. The maximum atomic E-state index is 11.8. The number of nitriles is 1. The van der Waals surface area contributed by atoms with Gasteiger partial charge in [-0.3, -0.25) is 0 Å². The quantitative estimate of drug-likeness (QED) is 0.851. The first-order chi connectivity index (χ1) is 8.61. The summed E-state index contributed by atoms with van der Waals surface area (Å²) in [6.07, 6.45) is 3.36. The van der Waals surface area contributed by atoms with Gasteiger partial charge in [0.25, 0.3) is 0 Å². The Balaban J connectivity index is 1.95. The van der Waals surface area contributed by atoms with E-state index < -0.39 is 10.0 Å². The topological polar surface area (TPSA) is 70.0 Å². The maximum Gasteiger partial charge on any atom is 0.215 e. The first-order valence-electron chi connectivity index (χ1n) is 6.06. The zero-order valence-corrected chi connectivity index (χ0v) is 10.9. The lowest BCUT2D eigenvalue weighted by Crippen LogP contribution is -2.26. The Labute approximate surface area is 108 Å². The van der Waals surface area contributed by atoms with Crippen molar-refractivity contribution in [2.75, 3.05) is 6.54 Å². The monoisotopic (exact) mass is 264 g/mol. The lowest BCUT2D eigenvalue weighted by atomic mass is 10.1. The van der Waals surface area contributed by atoms with Gasteiger partial charge in [-0.05, 0) is 24.0 Å². The number of hydrogen-bond donors (Lipinski definition) is 1. The fraction of sp³-hybridized carbons (Fsp3) is 0.462. The molecule has 0 radical (unpaired) electrons. The van der Waals surface area contributed by atoms with Crippen LogP contribution >= 0.6 is 0 Å². The fourth-order valence-corrected chi connectivity index (χ4v) is 3.03. The Morgan fingerprint density at radius 3 is 2.72 bits per heavy atom. The van der Waals surface area contributed by atoms with Gasteiger partial charge in [-0.2, -0.15) is 5.26 Å². The van der Waals surface area contributed by atoms with Crippen LogP contribution in [0.15, 0.2) is 24.3 Å². The second kappa shape index (κ2) is 5.51. The van der Waals surface area contributed by atoms with E-state index in [1.807, 2.05) is 6.07 Å². The molecule has 5 heteroatoms. The van der Waals surface area contributed by atoms with Gasteiger partial charge in [-0.15, -0.1) is 0 Å². The molecule has 0 atom stereocenters. The molecule has 1 aromatic rings. The normalized spacial score (nSPS) is 15.3. The largest absolute Gasteiger partial charge is 0.215 e. The molecular weight excluding hydrogens is 248 g/mol. The van der Waals surface area contributed by atoms with Crippen LogP contribution in [0.1, 0.15) is 30.4 Å². The van der Waals surface area contributed by atoms with Crippen LogP contribution in [0.3, 0.4) is 0 Å². The van der Waals surface area contributed by atoms with Crippen molar-refractivity contribution in [3.63, 3.8) is 0 Å². The van der Waals surface area contributed by atoms with E-state index in [-0.39, 0.29) is 5.75 Å². The number of benzene rings is 1. The molecule has 18 heavy (non-hydrogen) atoms. The van der Waals surface area contributed by atoms with E-state index in [4.69, 9.17) is 5.26 Å². The Morgan fingerprint density at radius 1 is 1.33 bits per heavy atom. The zero-order valence-electron chi connectivity index (χ0n) is 10.1. The van der Waals surface area contributed by atoms with Crippen LogP contribution in [0.5, 0.6) is 0 Å². The van der Waals surface area contributed by atoms with Crippen LogP contribution < -0.4 is 4.72 Å². The highest BCUT2D eigenvalue weighted by Crippen LogP contribution is 2.31. The summed E-state index contributed by atoms with van der Waals surface area (Å²) in [6.45, 7) is 0.502. The van der Waals surface area contributed by atoms with Gasteiger partial charge in [0.1, 0.15) is 0 Å².